The number of hydrogen-bond donors (Lipinski definition) is 1. The Morgan fingerprint density at radius 2 is 2.28 bits per heavy atom. The van der Waals surface area contributed by atoms with Gasteiger partial charge in [0.05, 0.1) is 24.2 Å². The smallest absolute Gasteiger partial charge is 0.224 e. The molecule has 2 fully saturated rings. The number of likely N-dealkylation sites (N-methyl/N-ethyl adjacent to an activating group) is 1. The number of nitrogens with one attached hydrogen (secondary N) is 1. The quantitative estimate of drug-likeness (QED) is 0.716. The van der Waals surface area contributed by atoms with Crippen LogP contribution in [0.1, 0.15) is 12.8 Å². The molecule has 2 heterocycles. The third kappa shape index (κ3) is 3.43. The van der Waals surface area contributed by atoms with E-state index < -0.39 is 9.84 Å². The molecule has 0 aromatic heterocycles. The zero-order chi connectivity index (χ0) is 13.2. The van der Waals surface area contributed by atoms with Crippen molar-refractivity contribution >= 4 is 15.7 Å². The third-order valence-electron chi connectivity index (χ3n) is 3.57. The number of rotatable bonds is 3. The zero-order valence-electron chi connectivity index (χ0n) is 10.6. The molecule has 2 unspecified atom stereocenters. The lowest BCUT2D eigenvalue weighted by molar-refractivity contribution is -0.132. The molecule has 2 rings (SSSR count). The van der Waals surface area contributed by atoms with Crippen LogP contribution < -0.4 is 5.32 Å². The Morgan fingerprint density at radius 1 is 1.50 bits per heavy atom. The molecule has 1 amide bonds. The molecule has 7 heteroatoms. The molecule has 18 heavy (non-hydrogen) atoms. The van der Waals surface area contributed by atoms with Gasteiger partial charge in [-0.3, -0.25) is 4.79 Å². The number of carbonyl (C=O) groups is 1. The van der Waals surface area contributed by atoms with Gasteiger partial charge in [0.1, 0.15) is 0 Å². The van der Waals surface area contributed by atoms with Crippen molar-refractivity contribution in [2.24, 2.45) is 0 Å². The summed E-state index contributed by atoms with van der Waals surface area (Å²) in [6.07, 6.45) is 1.10. The number of sulfone groups is 1. The van der Waals surface area contributed by atoms with Gasteiger partial charge in [-0.05, 0) is 6.42 Å². The van der Waals surface area contributed by atoms with E-state index in [0.717, 1.165) is 6.42 Å². The normalized spacial score (nSPS) is 31.2. The van der Waals surface area contributed by atoms with Crippen LogP contribution in [0.4, 0.5) is 0 Å². The van der Waals surface area contributed by atoms with Crippen LogP contribution in [0.3, 0.4) is 0 Å². The van der Waals surface area contributed by atoms with Gasteiger partial charge in [-0.2, -0.15) is 0 Å². The van der Waals surface area contributed by atoms with Gasteiger partial charge in [-0.1, -0.05) is 0 Å². The van der Waals surface area contributed by atoms with E-state index >= 15 is 0 Å². The summed E-state index contributed by atoms with van der Waals surface area (Å²) in [5, 5.41) is 3.09. The van der Waals surface area contributed by atoms with E-state index in [0.29, 0.717) is 19.8 Å². The van der Waals surface area contributed by atoms with Crippen LogP contribution in [0.25, 0.3) is 0 Å². The fourth-order valence-corrected chi connectivity index (χ4v) is 3.83. The van der Waals surface area contributed by atoms with Crippen molar-refractivity contribution in [2.45, 2.75) is 24.9 Å². The summed E-state index contributed by atoms with van der Waals surface area (Å²) in [6, 6.07) is -0.112. The molecule has 2 saturated heterocycles. The highest BCUT2D eigenvalue weighted by Gasteiger charge is 2.29. The van der Waals surface area contributed by atoms with E-state index in [-0.39, 0.29) is 35.9 Å². The van der Waals surface area contributed by atoms with Gasteiger partial charge in [0.25, 0.3) is 0 Å². The summed E-state index contributed by atoms with van der Waals surface area (Å²) in [5.41, 5.74) is 0. The van der Waals surface area contributed by atoms with Gasteiger partial charge in [0, 0.05) is 32.7 Å². The number of nitrogens with zero attached hydrogens (tertiary/aromatic N) is 1. The van der Waals surface area contributed by atoms with E-state index in [2.05, 4.69) is 5.32 Å². The molecular formula is C11H20N2O4S. The van der Waals surface area contributed by atoms with Crippen molar-refractivity contribution in [3.63, 3.8) is 0 Å². The fraction of sp³-hybridized carbons (Fsp3) is 0.909. The van der Waals surface area contributed by atoms with Crippen molar-refractivity contribution in [1.82, 2.24) is 10.2 Å². The van der Waals surface area contributed by atoms with Crippen LogP contribution in [0, 0.1) is 0 Å². The lowest BCUT2D eigenvalue weighted by Crippen LogP contribution is -2.48. The molecule has 2 aliphatic heterocycles. The topological polar surface area (TPSA) is 75.7 Å². The second-order valence-corrected chi connectivity index (χ2v) is 7.22. The van der Waals surface area contributed by atoms with E-state index in [9.17, 15) is 13.2 Å². The molecule has 0 aromatic rings. The average Bonchev–Trinajstić information content (AvgIpc) is 2.79. The van der Waals surface area contributed by atoms with Gasteiger partial charge in [-0.25, -0.2) is 8.42 Å². The van der Waals surface area contributed by atoms with Crippen molar-refractivity contribution in [2.75, 3.05) is 38.3 Å². The molecule has 0 saturated carbocycles. The molecule has 6 nitrogen and oxygen atoms in total. The first kappa shape index (κ1) is 13.8. The summed E-state index contributed by atoms with van der Waals surface area (Å²) in [7, 11) is -1.22. The summed E-state index contributed by atoms with van der Waals surface area (Å²) in [4.78, 5) is 13.7. The summed E-state index contributed by atoms with van der Waals surface area (Å²) in [5.74, 6) is 0.220. The Bertz CT molecular complexity index is 403. The highest BCUT2D eigenvalue weighted by atomic mass is 32.2. The minimum Gasteiger partial charge on any atom is -0.379 e. The Kier molecular flexibility index (Phi) is 4.24. The van der Waals surface area contributed by atoms with Gasteiger partial charge in [0.15, 0.2) is 9.84 Å². The van der Waals surface area contributed by atoms with E-state index in [1.807, 2.05) is 0 Å². The molecule has 2 atom stereocenters. The number of hydrogen-bond acceptors (Lipinski definition) is 5. The van der Waals surface area contributed by atoms with E-state index in [1.54, 1.807) is 11.9 Å². The van der Waals surface area contributed by atoms with Crippen LogP contribution >= 0.6 is 0 Å². The van der Waals surface area contributed by atoms with Crippen LogP contribution in [-0.2, 0) is 19.4 Å². The molecule has 0 aromatic carbocycles. The van der Waals surface area contributed by atoms with E-state index in [4.69, 9.17) is 4.74 Å². The zero-order valence-corrected chi connectivity index (χ0v) is 11.4. The molecule has 0 bridgehead atoms. The van der Waals surface area contributed by atoms with Gasteiger partial charge < -0.3 is 15.0 Å². The Labute approximate surface area is 108 Å². The molecule has 0 aliphatic carbocycles. The highest BCUT2D eigenvalue weighted by Crippen LogP contribution is 2.13. The Morgan fingerprint density at radius 3 is 2.89 bits per heavy atom. The SMILES string of the molecule is CN(C(=O)CC1CS(=O)(=O)CCN1)C1CCOC1. The Hall–Kier alpha value is -0.660. The molecule has 1 N–H and O–H groups in total. The Balaban J connectivity index is 1.86. The van der Waals surface area contributed by atoms with Crippen LogP contribution in [0.5, 0.6) is 0 Å². The largest absolute Gasteiger partial charge is 0.379 e. The maximum absolute atomic E-state index is 12.0. The molecule has 2 aliphatic rings. The van der Waals surface area contributed by atoms with Gasteiger partial charge in [0.2, 0.25) is 5.91 Å². The first-order chi connectivity index (χ1) is 8.48. The van der Waals surface area contributed by atoms with Crippen molar-refractivity contribution in [3.05, 3.63) is 0 Å². The third-order valence-corrected chi connectivity index (χ3v) is 5.31. The molecule has 0 radical (unpaired) electrons. The monoisotopic (exact) mass is 276 g/mol. The lowest BCUT2D eigenvalue weighted by atomic mass is 10.1. The van der Waals surface area contributed by atoms with Crippen molar-refractivity contribution in [1.29, 1.82) is 0 Å². The van der Waals surface area contributed by atoms with Crippen LogP contribution in [-0.4, -0.2) is 69.6 Å². The van der Waals surface area contributed by atoms with Crippen molar-refractivity contribution in [3.8, 4) is 0 Å². The second kappa shape index (κ2) is 5.54. The fourth-order valence-electron chi connectivity index (χ4n) is 2.38. The predicted molar refractivity (Wildman–Crippen MR) is 67.1 cm³/mol. The standard InChI is InChI=1S/C11H20N2O4S/c1-13(10-2-4-17-7-10)11(14)6-9-8-18(15,16)5-3-12-9/h9-10,12H,2-8H2,1H3. The summed E-state index contributed by atoms with van der Waals surface area (Å²) >= 11 is 0. The molecule has 0 spiro atoms. The number of carbonyl (C=O) groups excluding carboxylic acids is 1. The summed E-state index contributed by atoms with van der Waals surface area (Å²) < 4.78 is 28.2. The molecular weight excluding hydrogens is 256 g/mol. The average molecular weight is 276 g/mol. The highest BCUT2D eigenvalue weighted by molar-refractivity contribution is 7.91. The second-order valence-electron chi connectivity index (χ2n) is 4.99. The maximum atomic E-state index is 12.0. The van der Waals surface area contributed by atoms with Crippen LogP contribution in [0.2, 0.25) is 0 Å². The molecule has 104 valence electrons. The first-order valence-electron chi connectivity index (χ1n) is 6.25. The van der Waals surface area contributed by atoms with Gasteiger partial charge >= 0.3 is 0 Å². The maximum Gasteiger partial charge on any atom is 0.224 e. The summed E-state index contributed by atoms with van der Waals surface area (Å²) in [6.45, 7) is 1.72. The first-order valence-corrected chi connectivity index (χ1v) is 8.07. The minimum absolute atomic E-state index is 0.0138. The predicted octanol–water partition coefficient (Wildman–Crippen LogP) is -0.990. The van der Waals surface area contributed by atoms with E-state index in [1.165, 1.54) is 0 Å². The van der Waals surface area contributed by atoms with Crippen LogP contribution in [0.15, 0.2) is 0 Å². The number of amides is 1. The number of ether oxygens (including phenoxy) is 1. The lowest BCUT2D eigenvalue weighted by Gasteiger charge is -2.28. The van der Waals surface area contributed by atoms with Gasteiger partial charge in [-0.15, -0.1) is 0 Å². The minimum atomic E-state index is -2.98. The van der Waals surface area contributed by atoms with Crippen molar-refractivity contribution < 1.29 is 17.9 Å².